The normalized spacial score (nSPS) is 17.3. The minimum atomic E-state index is -2.07. The average molecular weight is 232 g/mol. The predicted octanol–water partition coefficient (Wildman–Crippen LogP) is -2.86. The molecule has 0 radical (unpaired) electrons. The van der Waals surface area contributed by atoms with Crippen LogP contribution >= 0.6 is 0 Å². The van der Waals surface area contributed by atoms with Crippen LogP contribution in [-0.2, 0) is 24.3 Å². The predicted molar refractivity (Wildman–Crippen MR) is 32.7 cm³/mol. The molecule has 0 saturated carbocycles. The van der Waals surface area contributed by atoms with E-state index in [1.54, 1.807) is 0 Å². The van der Waals surface area contributed by atoms with Crippen LogP contribution in [-0.4, -0.2) is 56.4 Å². The van der Waals surface area contributed by atoms with Crippen molar-refractivity contribution in [2.24, 2.45) is 0 Å². The van der Waals surface area contributed by atoms with E-state index < -0.39 is 30.9 Å². The van der Waals surface area contributed by atoms with E-state index in [9.17, 15) is 4.79 Å². The fourth-order valence-electron chi connectivity index (χ4n) is 0.465. The van der Waals surface area contributed by atoms with Crippen LogP contribution in [0, 0.1) is 0 Å². The third-order valence-corrected chi connectivity index (χ3v) is 1.16. The van der Waals surface area contributed by atoms with Crippen molar-refractivity contribution < 1.29 is 49.8 Å². The van der Waals surface area contributed by atoms with E-state index in [1.165, 1.54) is 0 Å². The van der Waals surface area contributed by atoms with Crippen molar-refractivity contribution in [1.82, 2.24) is 0 Å². The van der Waals surface area contributed by atoms with Gasteiger partial charge in [-0.05, 0) is 0 Å². The van der Waals surface area contributed by atoms with Crippen LogP contribution in [0.25, 0.3) is 0 Å². The number of hydrogen-bond acceptors (Lipinski definition) is 5. The van der Waals surface area contributed by atoms with Crippen LogP contribution in [0.4, 0.5) is 0 Å². The summed E-state index contributed by atoms with van der Waals surface area (Å²) in [5.41, 5.74) is 0. The molecule has 0 aliphatic carbocycles. The zero-order valence-corrected chi connectivity index (χ0v) is 9.26. The second-order valence-electron chi connectivity index (χ2n) is 2.02. The summed E-state index contributed by atoms with van der Waals surface area (Å²) in [6.45, 7) is -0.800. The first-order valence-corrected chi connectivity index (χ1v) is 2.88. The molecule has 0 bridgehead atoms. The molecule has 0 heterocycles. The summed E-state index contributed by atoms with van der Waals surface area (Å²) in [7, 11) is 0. The zero-order chi connectivity index (χ0) is 9.02. The average Bonchev–Trinajstić information content (AvgIpc) is 2.00. The first kappa shape index (κ1) is 14.5. The van der Waals surface area contributed by atoms with E-state index in [-0.39, 0.29) is 19.5 Å². The molecule has 0 aromatic carbocycles. The fraction of sp³-hybridized carbons (Fsp3) is 0.800. The summed E-state index contributed by atoms with van der Waals surface area (Å²) in [5, 5.41) is 42.2. The van der Waals surface area contributed by atoms with Gasteiger partial charge in [0.25, 0.3) is 0 Å². The Labute approximate surface area is 81.2 Å². The molecule has 0 fully saturated rings. The Balaban J connectivity index is 0. The van der Waals surface area contributed by atoms with Crippen molar-refractivity contribution in [3.05, 3.63) is 0 Å². The Kier molecular flexibility index (Phi) is 7.77. The number of aliphatic carboxylic acids is 1. The summed E-state index contributed by atoms with van der Waals surface area (Å²) < 4.78 is 0. The molecule has 12 heavy (non-hydrogen) atoms. The molecule has 0 aromatic rings. The molecular weight excluding hydrogens is 221 g/mol. The van der Waals surface area contributed by atoms with E-state index in [0.717, 1.165) is 0 Å². The van der Waals surface area contributed by atoms with Gasteiger partial charge in [-0.3, -0.25) is 0 Å². The first-order valence-electron chi connectivity index (χ1n) is 2.88. The molecule has 0 amide bonds. The smallest absolute Gasteiger partial charge is 0.479 e. The van der Waals surface area contributed by atoms with Crippen molar-refractivity contribution in [3.63, 3.8) is 0 Å². The van der Waals surface area contributed by atoms with Crippen LogP contribution in [0.1, 0.15) is 0 Å². The molecule has 3 unspecified atom stereocenters. The minimum Gasteiger partial charge on any atom is -0.479 e. The van der Waals surface area contributed by atoms with Gasteiger partial charge in [0.05, 0.1) is 6.61 Å². The van der Waals surface area contributed by atoms with Gasteiger partial charge < -0.3 is 25.5 Å². The molecule has 0 rings (SSSR count). The van der Waals surface area contributed by atoms with E-state index >= 15 is 0 Å². The monoisotopic (exact) mass is 230 g/mol. The van der Waals surface area contributed by atoms with Crippen LogP contribution in [0.2, 0.25) is 0 Å². The number of aliphatic hydroxyl groups is 4. The molecule has 0 aliphatic rings. The summed E-state index contributed by atoms with van der Waals surface area (Å²) in [6.07, 6.45) is -5.57. The number of rotatable bonds is 4. The Bertz CT molecular complexity index is 140. The van der Waals surface area contributed by atoms with Gasteiger partial charge in [-0.1, -0.05) is 0 Å². The van der Waals surface area contributed by atoms with Gasteiger partial charge in [0.1, 0.15) is 12.2 Å². The number of hydrogen-bond donors (Lipinski definition) is 5. The van der Waals surface area contributed by atoms with Gasteiger partial charge in [0.2, 0.25) is 0 Å². The standard InChI is InChI=1S/C5H10O6.Zn/c6-1-2(7)3(8)4(9)5(10)11;/h2-4,6-9H,1H2,(H,10,11);/q;+2. The fourth-order valence-corrected chi connectivity index (χ4v) is 0.465. The van der Waals surface area contributed by atoms with Gasteiger partial charge in [-0.25, -0.2) is 4.79 Å². The molecule has 5 N–H and O–H groups in total. The molecular formula is C5H10O6Zn+2. The van der Waals surface area contributed by atoms with E-state index in [1.807, 2.05) is 0 Å². The number of aliphatic hydroxyl groups excluding tert-OH is 4. The maximum absolute atomic E-state index is 9.96. The van der Waals surface area contributed by atoms with Crippen molar-refractivity contribution >= 4 is 5.97 Å². The Hall–Kier alpha value is -0.0666. The summed E-state index contributed by atoms with van der Waals surface area (Å²) in [5.74, 6) is -1.65. The van der Waals surface area contributed by atoms with Crippen LogP contribution in [0.15, 0.2) is 0 Å². The molecule has 0 aromatic heterocycles. The van der Waals surface area contributed by atoms with Gasteiger partial charge in [-0.2, -0.15) is 0 Å². The molecule has 0 aliphatic heterocycles. The van der Waals surface area contributed by atoms with Gasteiger partial charge in [0, 0.05) is 0 Å². The third-order valence-electron chi connectivity index (χ3n) is 1.16. The van der Waals surface area contributed by atoms with Crippen molar-refractivity contribution in [1.29, 1.82) is 0 Å². The molecule has 6 nitrogen and oxygen atoms in total. The van der Waals surface area contributed by atoms with Gasteiger partial charge in [-0.15, -0.1) is 0 Å². The molecule has 0 saturated heterocycles. The Morgan fingerprint density at radius 2 is 1.67 bits per heavy atom. The molecule has 3 atom stereocenters. The van der Waals surface area contributed by atoms with Crippen LogP contribution in [0.5, 0.6) is 0 Å². The third kappa shape index (κ3) is 4.08. The van der Waals surface area contributed by atoms with Gasteiger partial charge >= 0.3 is 25.4 Å². The molecule has 0 spiro atoms. The number of carbonyl (C=O) groups is 1. The van der Waals surface area contributed by atoms with Crippen molar-refractivity contribution in [3.8, 4) is 0 Å². The van der Waals surface area contributed by atoms with E-state index in [0.29, 0.717) is 0 Å². The minimum absolute atomic E-state index is 0. The summed E-state index contributed by atoms with van der Waals surface area (Å²) in [4.78, 5) is 9.96. The summed E-state index contributed by atoms with van der Waals surface area (Å²) >= 11 is 0. The SMILES string of the molecule is O=C(O)C(O)C(O)C(O)CO.[Zn+2]. The zero-order valence-electron chi connectivity index (χ0n) is 6.29. The maximum atomic E-state index is 9.96. The largest absolute Gasteiger partial charge is 2.00 e. The molecule has 7 heteroatoms. The second kappa shape index (κ2) is 6.45. The molecule has 66 valence electrons. The van der Waals surface area contributed by atoms with E-state index in [4.69, 9.17) is 25.5 Å². The van der Waals surface area contributed by atoms with Crippen LogP contribution in [0.3, 0.4) is 0 Å². The number of carboxylic acids is 1. The van der Waals surface area contributed by atoms with Gasteiger partial charge in [0.15, 0.2) is 6.10 Å². The summed E-state index contributed by atoms with van der Waals surface area (Å²) in [6, 6.07) is 0. The van der Waals surface area contributed by atoms with Crippen LogP contribution < -0.4 is 0 Å². The Morgan fingerprint density at radius 1 is 1.25 bits per heavy atom. The van der Waals surface area contributed by atoms with E-state index in [2.05, 4.69) is 0 Å². The maximum Gasteiger partial charge on any atom is 2.00 e. The second-order valence-corrected chi connectivity index (χ2v) is 2.02. The van der Waals surface area contributed by atoms with Crippen molar-refractivity contribution in [2.75, 3.05) is 6.61 Å². The topological polar surface area (TPSA) is 118 Å². The number of carboxylic acid groups (broad SMARTS) is 1. The quantitative estimate of drug-likeness (QED) is 0.332. The first-order chi connectivity index (χ1) is 5.00. The Morgan fingerprint density at radius 3 is 1.92 bits per heavy atom. The van der Waals surface area contributed by atoms with Crippen molar-refractivity contribution in [2.45, 2.75) is 18.3 Å².